The number of halogens is 1. The molecule has 49 heavy (non-hydrogen) atoms. The minimum absolute atomic E-state index is 0.0336. The fraction of sp³-hybridized carbons (Fsp3) is 0.472. The Balaban J connectivity index is 0.000000198. The molecule has 4 amide bonds. The third-order valence-electron chi connectivity index (χ3n) is 9.74. The second kappa shape index (κ2) is 17.4. The summed E-state index contributed by atoms with van der Waals surface area (Å²) in [5, 5.41) is 30.7. The molecule has 11 nitrogen and oxygen atoms in total. The summed E-state index contributed by atoms with van der Waals surface area (Å²) in [5.74, 6) is 1.63. The number of anilines is 1. The molecule has 0 saturated heterocycles. The monoisotopic (exact) mass is 780 g/mol. The molecule has 6 N–H and O–H groups in total. The molecule has 3 aromatic rings. The Bertz CT molecular complexity index is 1500. The summed E-state index contributed by atoms with van der Waals surface area (Å²) in [4.78, 5) is 45.3. The first-order valence-electron chi connectivity index (χ1n) is 17.1. The van der Waals surface area contributed by atoms with Crippen LogP contribution in [0.5, 0.6) is 0 Å². The van der Waals surface area contributed by atoms with E-state index in [1.807, 2.05) is 68.4 Å². The second-order valence-corrected chi connectivity index (χ2v) is 15.3. The maximum atomic E-state index is 12.8. The van der Waals surface area contributed by atoms with Gasteiger partial charge in [0.2, 0.25) is 5.91 Å². The summed E-state index contributed by atoms with van der Waals surface area (Å²) in [6, 6.07) is 16.6. The minimum Gasteiger partial charge on any atom is -0.426 e. The minimum atomic E-state index is -1.69. The number of hydrogen-bond donors (Lipinski definition) is 6. The molecular weight excluding hydrogens is 734 g/mol. The van der Waals surface area contributed by atoms with Gasteiger partial charge in [-0.2, -0.15) is 0 Å². The van der Waals surface area contributed by atoms with Gasteiger partial charge in [0.1, 0.15) is 11.7 Å². The van der Waals surface area contributed by atoms with Crippen molar-refractivity contribution in [3.05, 3.63) is 88.0 Å². The van der Waals surface area contributed by atoms with Crippen LogP contribution in [0.1, 0.15) is 68.4 Å². The van der Waals surface area contributed by atoms with Gasteiger partial charge in [0.25, 0.3) is 5.91 Å². The first-order chi connectivity index (χ1) is 23.5. The van der Waals surface area contributed by atoms with Crippen LogP contribution < -0.4 is 21.3 Å². The van der Waals surface area contributed by atoms with Crippen molar-refractivity contribution in [3.8, 4) is 0 Å². The predicted octanol–water partition coefficient (Wildman–Crippen LogP) is 4.60. The van der Waals surface area contributed by atoms with Gasteiger partial charge in [0.05, 0.1) is 12.1 Å². The van der Waals surface area contributed by atoms with Crippen molar-refractivity contribution in [3.63, 3.8) is 0 Å². The van der Waals surface area contributed by atoms with E-state index in [1.165, 1.54) is 54.3 Å². The van der Waals surface area contributed by atoms with E-state index < -0.39 is 30.9 Å². The fourth-order valence-corrected chi connectivity index (χ4v) is 8.13. The van der Waals surface area contributed by atoms with Crippen molar-refractivity contribution in [1.82, 2.24) is 25.9 Å². The van der Waals surface area contributed by atoms with Gasteiger partial charge in [-0.3, -0.25) is 14.6 Å². The van der Waals surface area contributed by atoms with E-state index in [2.05, 4.69) is 53.8 Å². The Morgan fingerprint density at radius 1 is 0.898 bits per heavy atom. The highest BCUT2D eigenvalue weighted by Crippen LogP contribution is 2.53. The van der Waals surface area contributed by atoms with Gasteiger partial charge in [-0.1, -0.05) is 44.2 Å². The van der Waals surface area contributed by atoms with Crippen LogP contribution in [0.25, 0.3) is 0 Å². The van der Waals surface area contributed by atoms with E-state index in [9.17, 15) is 24.4 Å². The van der Waals surface area contributed by atoms with Gasteiger partial charge in [-0.15, -0.1) is 0 Å². The average molecular weight is 781 g/mol. The lowest BCUT2D eigenvalue weighted by Crippen LogP contribution is -2.56. The van der Waals surface area contributed by atoms with Crippen LogP contribution in [0.2, 0.25) is 0 Å². The zero-order valence-corrected chi connectivity index (χ0v) is 30.1. The lowest BCUT2D eigenvalue weighted by Gasteiger charge is -2.54. The van der Waals surface area contributed by atoms with Gasteiger partial charge in [-0.25, -0.2) is 9.78 Å². The van der Waals surface area contributed by atoms with Crippen LogP contribution >= 0.6 is 22.6 Å². The average Bonchev–Trinajstić information content (AvgIpc) is 3.07. The molecule has 4 aliphatic rings. The van der Waals surface area contributed by atoms with Gasteiger partial charge in [0, 0.05) is 34.1 Å². The number of benzene rings is 2. The molecule has 4 bridgehead atoms. The summed E-state index contributed by atoms with van der Waals surface area (Å²) in [7, 11) is -1.69. The summed E-state index contributed by atoms with van der Waals surface area (Å²) in [6.45, 7) is 3.83. The van der Waals surface area contributed by atoms with Crippen molar-refractivity contribution in [1.29, 1.82) is 0 Å². The van der Waals surface area contributed by atoms with E-state index in [0.29, 0.717) is 12.5 Å². The number of nitrogens with zero attached hydrogens (tertiary/aromatic N) is 2. The molecule has 0 aliphatic heterocycles. The summed E-state index contributed by atoms with van der Waals surface area (Å²) in [6.07, 6.45) is 11.6. The van der Waals surface area contributed by atoms with Gasteiger partial charge in [-0.05, 0) is 121 Å². The maximum absolute atomic E-state index is 12.8. The maximum Gasteiger partial charge on any atom is 0.475 e. The molecule has 1 aromatic heterocycles. The Morgan fingerprint density at radius 2 is 1.55 bits per heavy atom. The second-order valence-electron chi connectivity index (χ2n) is 14.0. The highest BCUT2D eigenvalue weighted by molar-refractivity contribution is 14.1. The molecule has 0 unspecified atom stereocenters. The number of aromatic nitrogens is 2. The molecule has 4 saturated carbocycles. The number of carbonyl (C=O) groups excluding carboxylic acids is 3. The highest BCUT2D eigenvalue weighted by atomic mass is 127. The first kappa shape index (κ1) is 36.7. The van der Waals surface area contributed by atoms with E-state index >= 15 is 0 Å². The van der Waals surface area contributed by atoms with E-state index in [-0.39, 0.29) is 24.1 Å². The van der Waals surface area contributed by atoms with E-state index in [1.54, 1.807) is 0 Å². The summed E-state index contributed by atoms with van der Waals surface area (Å²) < 4.78 is 1.18. The molecule has 260 valence electrons. The zero-order chi connectivity index (χ0) is 34.9. The first-order valence-corrected chi connectivity index (χ1v) is 18.2. The number of carbonyl (C=O) groups is 3. The van der Waals surface area contributed by atoms with Crippen LogP contribution in [0.4, 0.5) is 10.5 Å². The standard InChI is InChI=1S/C19H25BN4O4.C17H21IN2O/c1-13(2)10-17(20(27)28)24-18(25)15(11-14-6-4-3-5-7-14)23-19(26)16-12-21-8-9-22-16;18-14-1-3-15(4-2-14)19-17(21)20-16-12-6-10-5-11(8-12)9-13(16)7-10/h3-9,12-13,15,17,27-28H,10-11H2,1-2H3,(H,23,26)(H,24,25);1-4,10-13,16H,5-9H2,(H2,19,20,21)/t15-,17-;/m0./s1. The van der Waals surface area contributed by atoms with Crippen LogP contribution in [-0.4, -0.2) is 63.0 Å². The Labute approximate surface area is 302 Å². The van der Waals surface area contributed by atoms with Crippen LogP contribution in [0.15, 0.2) is 73.2 Å². The molecule has 13 heteroatoms. The molecule has 2 atom stereocenters. The van der Waals surface area contributed by atoms with Gasteiger partial charge < -0.3 is 31.3 Å². The third kappa shape index (κ3) is 10.7. The number of urea groups is 1. The van der Waals surface area contributed by atoms with Gasteiger partial charge in [0.15, 0.2) is 0 Å². The molecule has 2 aromatic carbocycles. The fourth-order valence-electron chi connectivity index (χ4n) is 7.77. The highest BCUT2D eigenvalue weighted by Gasteiger charge is 2.48. The van der Waals surface area contributed by atoms with E-state index in [4.69, 9.17) is 0 Å². The number of nitrogens with one attached hydrogen (secondary N) is 4. The lowest BCUT2D eigenvalue weighted by molar-refractivity contribution is -0.123. The van der Waals surface area contributed by atoms with Gasteiger partial charge >= 0.3 is 13.1 Å². The number of rotatable bonds is 11. The Morgan fingerprint density at radius 3 is 2.12 bits per heavy atom. The molecule has 7 rings (SSSR count). The van der Waals surface area contributed by atoms with Crippen molar-refractivity contribution < 1.29 is 24.4 Å². The summed E-state index contributed by atoms with van der Waals surface area (Å²) in [5.41, 5.74) is 1.82. The SMILES string of the molecule is CC(C)C[C@H](NC(=O)[C@H](Cc1ccccc1)NC(=O)c1cnccn1)B(O)O.O=C(Nc1ccc(I)cc1)NC1C2CC3CC(C2)CC1C3. The normalized spacial score (nSPS) is 23.0. The smallest absolute Gasteiger partial charge is 0.426 e. The quantitative estimate of drug-likeness (QED) is 0.122. The molecule has 0 radical (unpaired) electrons. The van der Waals surface area contributed by atoms with E-state index in [0.717, 1.165) is 34.9 Å². The zero-order valence-electron chi connectivity index (χ0n) is 28.0. The largest absolute Gasteiger partial charge is 0.475 e. The molecule has 4 fully saturated rings. The summed E-state index contributed by atoms with van der Waals surface area (Å²) >= 11 is 2.27. The number of amides is 4. The molecular formula is C36H46BIN6O5. The predicted molar refractivity (Wildman–Crippen MR) is 197 cm³/mol. The topological polar surface area (TPSA) is 166 Å². The molecule has 1 heterocycles. The number of hydrogen-bond acceptors (Lipinski definition) is 7. The Kier molecular flexibility index (Phi) is 13.0. The van der Waals surface area contributed by atoms with Crippen molar-refractivity contribution >= 4 is 53.2 Å². The molecule has 0 spiro atoms. The molecule has 4 aliphatic carbocycles. The van der Waals surface area contributed by atoms with Crippen molar-refractivity contribution in [2.45, 2.75) is 76.8 Å². The Hall–Kier alpha value is -3.56. The van der Waals surface area contributed by atoms with Crippen LogP contribution in [-0.2, 0) is 11.2 Å². The van der Waals surface area contributed by atoms with Crippen molar-refractivity contribution in [2.75, 3.05) is 5.32 Å². The van der Waals surface area contributed by atoms with Crippen LogP contribution in [0.3, 0.4) is 0 Å². The third-order valence-corrected chi connectivity index (χ3v) is 10.5. The lowest BCUT2D eigenvalue weighted by atomic mass is 9.54. The van der Waals surface area contributed by atoms with Crippen LogP contribution in [0, 0.1) is 33.2 Å². The van der Waals surface area contributed by atoms with Crippen molar-refractivity contribution in [2.24, 2.45) is 29.6 Å².